The first-order valence-corrected chi connectivity index (χ1v) is 5.82. The predicted octanol–water partition coefficient (Wildman–Crippen LogP) is 1.61. The fourth-order valence-electron chi connectivity index (χ4n) is 1.70. The van der Waals surface area contributed by atoms with E-state index in [2.05, 4.69) is 10.6 Å². The zero-order valence-corrected chi connectivity index (χ0v) is 9.70. The third kappa shape index (κ3) is 1.67. The van der Waals surface area contributed by atoms with Crippen LogP contribution in [0, 0.1) is 0 Å². The number of nitrogens with one attached hydrogen (secondary N) is 2. The number of thiophene rings is 1. The van der Waals surface area contributed by atoms with Gasteiger partial charge >= 0.3 is 0 Å². The number of anilines is 2. The summed E-state index contributed by atoms with van der Waals surface area (Å²) < 4.78 is 0. The SMILES string of the molecule is CNC(=O)c1sc(NC)c(C2CC2)c1N. The van der Waals surface area contributed by atoms with E-state index >= 15 is 0 Å². The summed E-state index contributed by atoms with van der Waals surface area (Å²) in [6, 6.07) is 0. The topological polar surface area (TPSA) is 67.2 Å². The van der Waals surface area contributed by atoms with Gasteiger partial charge in [0.25, 0.3) is 5.91 Å². The monoisotopic (exact) mass is 225 g/mol. The molecule has 15 heavy (non-hydrogen) atoms. The van der Waals surface area contributed by atoms with E-state index in [1.807, 2.05) is 7.05 Å². The molecule has 0 saturated heterocycles. The summed E-state index contributed by atoms with van der Waals surface area (Å²) in [5, 5.41) is 6.76. The van der Waals surface area contributed by atoms with Gasteiger partial charge in [0.15, 0.2) is 0 Å². The van der Waals surface area contributed by atoms with Gasteiger partial charge in [0.2, 0.25) is 0 Å². The van der Waals surface area contributed by atoms with Crippen molar-refractivity contribution in [3.63, 3.8) is 0 Å². The molecule has 0 radical (unpaired) electrons. The summed E-state index contributed by atoms with van der Waals surface area (Å²) in [5.41, 5.74) is 7.81. The van der Waals surface area contributed by atoms with Crippen molar-refractivity contribution in [3.05, 3.63) is 10.4 Å². The van der Waals surface area contributed by atoms with Crippen molar-refractivity contribution in [2.45, 2.75) is 18.8 Å². The van der Waals surface area contributed by atoms with Crippen LogP contribution in [0.15, 0.2) is 0 Å². The van der Waals surface area contributed by atoms with Crippen LogP contribution in [0.5, 0.6) is 0 Å². The fourth-order valence-corrected chi connectivity index (χ4v) is 2.81. The molecule has 1 aliphatic rings. The average molecular weight is 225 g/mol. The Bertz CT molecular complexity index is 396. The Morgan fingerprint density at radius 2 is 2.13 bits per heavy atom. The standard InChI is InChI=1S/C10H15N3OS/c1-12-9(14)8-7(11)6(5-3-4-5)10(13-2)15-8/h5,13H,3-4,11H2,1-2H3,(H,12,14). The number of hydrogen-bond acceptors (Lipinski definition) is 4. The maximum absolute atomic E-state index is 11.6. The van der Waals surface area contributed by atoms with Gasteiger partial charge in [-0.25, -0.2) is 0 Å². The number of rotatable bonds is 3. The Hall–Kier alpha value is -1.23. The maximum Gasteiger partial charge on any atom is 0.263 e. The number of carbonyl (C=O) groups excluding carboxylic acids is 1. The molecular weight excluding hydrogens is 210 g/mol. The summed E-state index contributed by atoms with van der Waals surface area (Å²) in [5.74, 6) is 0.461. The van der Waals surface area contributed by atoms with Crippen LogP contribution in [0.1, 0.15) is 34.0 Å². The van der Waals surface area contributed by atoms with Gasteiger partial charge in [0.05, 0.1) is 10.7 Å². The highest BCUT2D eigenvalue weighted by molar-refractivity contribution is 7.18. The largest absolute Gasteiger partial charge is 0.397 e. The second kappa shape index (κ2) is 3.73. The van der Waals surface area contributed by atoms with Crippen LogP contribution >= 0.6 is 11.3 Å². The number of hydrogen-bond donors (Lipinski definition) is 3. The van der Waals surface area contributed by atoms with Gasteiger partial charge in [0.1, 0.15) is 4.88 Å². The minimum atomic E-state index is -0.0964. The Balaban J connectivity index is 2.44. The van der Waals surface area contributed by atoms with E-state index in [-0.39, 0.29) is 5.91 Å². The molecule has 1 aromatic heterocycles. The molecule has 0 unspecified atom stereocenters. The minimum Gasteiger partial charge on any atom is -0.397 e. The number of carbonyl (C=O) groups is 1. The second-order valence-corrected chi connectivity index (χ2v) is 4.71. The van der Waals surface area contributed by atoms with Gasteiger partial charge in [-0.3, -0.25) is 4.79 Å². The van der Waals surface area contributed by atoms with Gasteiger partial charge in [-0.2, -0.15) is 0 Å². The number of nitrogens with two attached hydrogens (primary N) is 1. The Morgan fingerprint density at radius 1 is 1.47 bits per heavy atom. The number of amides is 1. The van der Waals surface area contributed by atoms with E-state index in [1.54, 1.807) is 7.05 Å². The molecule has 0 atom stereocenters. The van der Waals surface area contributed by atoms with Crippen molar-refractivity contribution in [3.8, 4) is 0 Å². The fraction of sp³-hybridized carbons (Fsp3) is 0.500. The van der Waals surface area contributed by atoms with E-state index in [1.165, 1.54) is 24.2 Å². The highest BCUT2D eigenvalue weighted by Crippen LogP contribution is 2.50. The molecule has 0 aliphatic heterocycles. The summed E-state index contributed by atoms with van der Waals surface area (Å²) in [6.45, 7) is 0. The summed E-state index contributed by atoms with van der Waals surface area (Å²) in [7, 11) is 3.49. The van der Waals surface area contributed by atoms with Crippen LogP contribution in [0.3, 0.4) is 0 Å². The third-order valence-corrected chi connectivity index (χ3v) is 3.87. The zero-order valence-electron chi connectivity index (χ0n) is 8.89. The lowest BCUT2D eigenvalue weighted by molar-refractivity contribution is 0.0968. The van der Waals surface area contributed by atoms with Crippen LogP contribution in [0.2, 0.25) is 0 Å². The van der Waals surface area contributed by atoms with Crippen LogP contribution in [-0.4, -0.2) is 20.0 Å². The molecule has 1 aliphatic carbocycles. The molecule has 1 saturated carbocycles. The van der Waals surface area contributed by atoms with Crippen molar-refractivity contribution >= 4 is 27.9 Å². The lowest BCUT2D eigenvalue weighted by Crippen LogP contribution is -2.17. The molecule has 1 amide bonds. The van der Waals surface area contributed by atoms with Gasteiger partial charge in [0, 0.05) is 19.7 Å². The molecule has 4 N–H and O–H groups in total. The lowest BCUT2D eigenvalue weighted by atomic mass is 10.1. The molecule has 0 bridgehead atoms. The molecule has 1 heterocycles. The molecule has 2 rings (SSSR count). The summed E-state index contributed by atoms with van der Waals surface area (Å²) >= 11 is 1.44. The van der Waals surface area contributed by atoms with Gasteiger partial charge in [-0.05, 0) is 18.8 Å². The first kappa shape index (κ1) is 10.3. The van der Waals surface area contributed by atoms with Crippen LogP contribution < -0.4 is 16.4 Å². The van der Waals surface area contributed by atoms with Crippen molar-refractivity contribution in [2.24, 2.45) is 0 Å². The Morgan fingerprint density at radius 3 is 2.60 bits per heavy atom. The minimum absolute atomic E-state index is 0.0964. The first-order valence-electron chi connectivity index (χ1n) is 5.01. The van der Waals surface area contributed by atoms with E-state index in [0.29, 0.717) is 16.5 Å². The molecular formula is C10H15N3OS. The van der Waals surface area contributed by atoms with Crippen molar-refractivity contribution in [1.29, 1.82) is 0 Å². The third-order valence-electron chi connectivity index (χ3n) is 2.63. The summed E-state index contributed by atoms with van der Waals surface area (Å²) in [4.78, 5) is 12.2. The maximum atomic E-state index is 11.6. The average Bonchev–Trinajstić information content (AvgIpc) is 3.02. The van der Waals surface area contributed by atoms with Crippen molar-refractivity contribution in [1.82, 2.24) is 5.32 Å². The van der Waals surface area contributed by atoms with E-state index in [9.17, 15) is 4.79 Å². The van der Waals surface area contributed by atoms with Gasteiger partial charge < -0.3 is 16.4 Å². The quantitative estimate of drug-likeness (QED) is 0.732. The van der Waals surface area contributed by atoms with Crippen molar-refractivity contribution < 1.29 is 4.79 Å². The molecule has 1 aromatic rings. The molecule has 5 heteroatoms. The lowest BCUT2D eigenvalue weighted by Gasteiger charge is -2.01. The Labute approximate surface area is 92.9 Å². The molecule has 0 spiro atoms. The van der Waals surface area contributed by atoms with Crippen molar-refractivity contribution in [2.75, 3.05) is 25.1 Å². The summed E-state index contributed by atoms with van der Waals surface area (Å²) in [6.07, 6.45) is 2.37. The van der Waals surface area contributed by atoms with Crippen LogP contribution in [-0.2, 0) is 0 Å². The molecule has 0 aromatic carbocycles. The van der Waals surface area contributed by atoms with E-state index in [0.717, 1.165) is 10.6 Å². The van der Waals surface area contributed by atoms with Crippen LogP contribution in [0.25, 0.3) is 0 Å². The highest BCUT2D eigenvalue weighted by atomic mass is 32.1. The van der Waals surface area contributed by atoms with Gasteiger partial charge in [-0.1, -0.05) is 0 Å². The first-order chi connectivity index (χ1) is 7.19. The predicted molar refractivity (Wildman–Crippen MR) is 63.6 cm³/mol. The molecule has 1 fully saturated rings. The highest BCUT2D eigenvalue weighted by Gasteiger charge is 2.32. The molecule has 4 nitrogen and oxygen atoms in total. The molecule has 82 valence electrons. The van der Waals surface area contributed by atoms with Crippen LogP contribution in [0.4, 0.5) is 10.7 Å². The second-order valence-electron chi connectivity index (χ2n) is 3.69. The zero-order chi connectivity index (χ0) is 11.0. The van der Waals surface area contributed by atoms with E-state index < -0.39 is 0 Å². The van der Waals surface area contributed by atoms with Gasteiger partial charge in [-0.15, -0.1) is 11.3 Å². The Kier molecular flexibility index (Phi) is 2.56. The number of nitrogen functional groups attached to an aromatic ring is 1. The smallest absolute Gasteiger partial charge is 0.263 e. The normalized spacial score (nSPS) is 15.1. The van der Waals surface area contributed by atoms with E-state index in [4.69, 9.17) is 5.73 Å².